The van der Waals surface area contributed by atoms with Crippen LogP contribution in [-0.4, -0.2) is 48.3 Å². The first kappa shape index (κ1) is 32.2. The summed E-state index contributed by atoms with van der Waals surface area (Å²) in [6.45, 7) is 0.467. The molecule has 6 nitrogen and oxygen atoms in total. The first-order valence-corrected chi connectivity index (χ1v) is 18.9. The van der Waals surface area contributed by atoms with E-state index in [4.69, 9.17) is 10.1 Å². The van der Waals surface area contributed by atoms with Gasteiger partial charge in [0.05, 0.1) is 22.9 Å². The van der Waals surface area contributed by atoms with Gasteiger partial charge in [0.1, 0.15) is 34.7 Å². The van der Waals surface area contributed by atoms with Gasteiger partial charge in [-0.1, -0.05) is 72.8 Å². The Labute approximate surface area is 290 Å². The molecule has 8 heteroatoms. The van der Waals surface area contributed by atoms with E-state index in [9.17, 15) is 9.59 Å². The molecule has 7 aromatic rings. The van der Waals surface area contributed by atoms with E-state index in [1.165, 1.54) is 15.9 Å². The number of anilines is 1. The van der Waals surface area contributed by atoms with E-state index in [0.717, 1.165) is 43.4 Å². The smallest absolute Gasteiger partial charge is 0.323 e. The standard InChI is InChI=1S/C41H34N3O3PS/c1-44(28-39(45)46)33-21-19-29-25-32(18-17-30(29)26-33)41-43-37-22-20-31(27-38(37)49-41)40(47)42-23-24-48(34-11-5-2-6-12-34,35-13-7-3-8-14-35)36-15-9-4-10-16-36/h2-22,25-27H,23-24,28H2,1H3,(H-,42,45,46,47)/p+1. The van der Waals surface area contributed by atoms with Gasteiger partial charge in [0.25, 0.3) is 5.91 Å². The van der Waals surface area contributed by atoms with E-state index in [2.05, 4.69) is 102 Å². The van der Waals surface area contributed by atoms with Crippen LogP contribution >= 0.6 is 18.6 Å². The fraction of sp³-hybridized carbons (Fsp3) is 0.0976. The minimum absolute atomic E-state index is 0.0630. The lowest BCUT2D eigenvalue weighted by atomic mass is 10.1. The molecule has 0 atom stereocenters. The van der Waals surface area contributed by atoms with Crippen LogP contribution in [0.4, 0.5) is 5.69 Å². The summed E-state index contributed by atoms with van der Waals surface area (Å²) in [4.78, 5) is 31.3. The third-order valence-electron chi connectivity index (χ3n) is 8.86. The molecular weight excluding hydrogens is 646 g/mol. The Kier molecular flexibility index (Phi) is 9.21. The third-order valence-corrected chi connectivity index (χ3v) is 14.4. The molecular formula is C41H35N3O3PS+. The molecule has 0 saturated carbocycles. The molecule has 0 saturated heterocycles. The predicted molar refractivity (Wildman–Crippen MR) is 206 cm³/mol. The molecule has 2 N–H and O–H groups in total. The number of carbonyl (C=O) groups excluding carboxylic acids is 1. The van der Waals surface area contributed by atoms with Crippen molar-refractivity contribution in [3.05, 3.63) is 151 Å². The lowest BCUT2D eigenvalue weighted by molar-refractivity contribution is -0.135. The van der Waals surface area contributed by atoms with E-state index >= 15 is 0 Å². The molecule has 7 rings (SSSR count). The van der Waals surface area contributed by atoms with Crippen LogP contribution in [0.25, 0.3) is 31.6 Å². The quantitative estimate of drug-likeness (QED) is 0.140. The van der Waals surface area contributed by atoms with Crippen molar-refractivity contribution >= 4 is 73.1 Å². The molecule has 242 valence electrons. The maximum Gasteiger partial charge on any atom is 0.323 e. The zero-order valence-corrected chi connectivity index (χ0v) is 28.7. The zero-order valence-electron chi connectivity index (χ0n) is 27.0. The predicted octanol–water partition coefficient (Wildman–Crippen LogP) is 7.36. The van der Waals surface area contributed by atoms with Gasteiger partial charge >= 0.3 is 5.97 Å². The third kappa shape index (κ3) is 6.68. The van der Waals surface area contributed by atoms with Gasteiger partial charge in [0.15, 0.2) is 0 Å². The highest BCUT2D eigenvalue weighted by atomic mass is 32.1. The minimum atomic E-state index is -2.05. The molecule has 49 heavy (non-hydrogen) atoms. The van der Waals surface area contributed by atoms with Gasteiger partial charge in [-0.15, -0.1) is 11.3 Å². The van der Waals surface area contributed by atoms with Crippen LogP contribution in [0.15, 0.2) is 146 Å². The Morgan fingerprint density at radius 1 is 0.735 bits per heavy atom. The second kappa shape index (κ2) is 14.0. The maximum atomic E-state index is 13.6. The zero-order chi connectivity index (χ0) is 33.8. The fourth-order valence-electron chi connectivity index (χ4n) is 6.41. The van der Waals surface area contributed by atoms with Gasteiger partial charge in [0.2, 0.25) is 0 Å². The number of hydrogen-bond acceptors (Lipinski definition) is 5. The summed E-state index contributed by atoms with van der Waals surface area (Å²) in [7, 11) is -0.279. The number of carboxylic acids is 1. The molecule has 0 aliphatic carbocycles. The number of rotatable bonds is 11. The van der Waals surface area contributed by atoms with Gasteiger partial charge in [0, 0.05) is 23.9 Å². The van der Waals surface area contributed by atoms with E-state index in [1.807, 2.05) is 48.5 Å². The van der Waals surface area contributed by atoms with Crippen molar-refractivity contribution in [2.24, 2.45) is 0 Å². The number of likely N-dealkylation sites (N-methyl/N-ethyl adjacent to an activating group) is 1. The van der Waals surface area contributed by atoms with Crippen molar-refractivity contribution in [3.8, 4) is 10.6 Å². The number of nitrogens with one attached hydrogen (secondary N) is 1. The van der Waals surface area contributed by atoms with Gasteiger partial charge in [-0.05, 0) is 83.6 Å². The van der Waals surface area contributed by atoms with Gasteiger partial charge in [-0.25, -0.2) is 4.98 Å². The highest BCUT2D eigenvalue weighted by Gasteiger charge is 2.44. The molecule has 0 spiro atoms. The van der Waals surface area contributed by atoms with Crippen LogP contribution in [0.2, 0.25) is 0 Å². The fourth-order valence-corrected chi connectivity index (χ4v) is 11.6. The number of nitrogens with zero attached hydrogens (tertiary/aromatic N) is 2. The number of aliphatic carboxylic acids is 1. The van der Waals surface area contributed by atoms with Crippen molar-refractivity contribution < 1.29 is 14.7 Å². The van der Waals surface area contributed by atoms with Crippen LogP contribution in [0, 0.1) is 0 Å². The van der Waals surface area contributed by atoms with Crippen LogP contribution in [0.1, 0.15) is 10.4 Å². The van der Waals surface area contributed by atoms with Crippen LogP contribution in [0.3, 0.4) is 0 Å². The normalized spacial score (nSPS) is 11.4. The van der Waals surface area contributed by atoms with Gasteiger partial charge in [-0.3, -0.25) is 9.59 Å². The molecule has 0 fully saturated rings. The van der Waals surface area contributed by atoms with Crippen molar-refractivity contribution in [3.63, 3.8) is 0 Å². The van der Waals surface area contributed by atoms with Crippen LogP contribution in [0.5, 0.6) is 0 Å². The molecule has 0 aliphatic rings. The van der Waals surface area contributed by atoms with Crippen molar-refractivity contribution in [1.29, 1.82) is 0 Å². The SMILES string of the molecule is CN(CC(=O)O)c1ccc2cc(-c3nc4ccc(C(=O)NCC[P+](c5ccccc5)(c5ccccc5)c5ccccc5)cc4s3)ccc2c1. The summed E-state index contributed by atoms with van der Waals surface area (Å²) < 4.78 is 0.952. The number of carboxylic acid groups (broad SMARTS) is 1. The lowest BCUT2D eigenvalue weighted by Crippen LogP contribution is -2.37. The highest BCUT2D eigenvalue weighted by Crippen LogP contribution is 2.54. The number of fused-ring (bicyclic) bond motifs is 2. The number of aromatic nitrogens is 1. The molecule has 0 bridgehead atoms. The number of hydrogen-bond donors (Lipinski definition) is 2. The Morgan fingerprint density at radius 3 is 1.94 bits per heavy atom. The maximum absolute atomic E-state index is 13.6. The Hall–Kier alpha value is -5.36. The summed E-state index contributed by atoms with van der Waals surface area (Å²) in [6, 6.07) is 49.9. The second-order valence-corrected chi connectivity index (χ2v) is 16.6. The summed E-state index contributed by atoms with van der Waals surface area (Å²) in [5, 5.41) is 19.2. The van der Waals surface area contributed by atoms with Crippen molar-refractivity contribution in [2.45, 2.75) is 0 Å². The molecule has 0 radical (unpaired) electrons. The summed E-state index contributed by atoms with van der Waals surface area (Å²) >= 11 is 1.57. The molecule has 0 aliphatic heterocycles. The topological polar surface area (TPSA) is 82.5 Å². The van der Waals surface area contributed by atoms with Gasteiger partial charge < -0.3 is 15.3 Å². The average Bonchev–Trinajstić information content (AvgIpc) is 3.57. The average molecular weight is 681 g/mol. The van der Waals surface area contributed by atoms with E-state index in [-0.39, 0.29) is 12.5 Å². The Morgan fingerprint density at radius 2 is 1.33 bits per heavy atom. The molecule has 0 unspecified atom stereocenters. The molecule has 1 heterocycles. The molecule has 1 aromatic heterocycles. The minimum Gasteiger partial charge on any atom is -0.480 e. The number of carbonyl (C=O) groups is 2. The molecule has 6 aromatic carbocycles. The van der Waals surface area contributed by atoms with E-state index < -0.39 is 13.2 Å². The van der Waals surface area contributed by atoms with E-state index in [1.54, 1.807) is 23.3 Å². The number of thiazole rings is 1. The first-order valence-electron chi connectivity index (χ1n) is 16.1. The Balaban J connectivity index is 1.11. The van der Waals surface area contributed by atoms with Gasteiger partial charge in [-0.2, -0.15) is 0 Å². The van der Waals surface area contributed by atoms with E-state index in [0.29, 0.717) is 12.1 Å². The second-order valence-electron chi connectivity index (χ2n) is 12.0. The van der Waals surface area contributed by atoms with Crippen molar-refractivity contribution in [2.75, 3.05) is 31.2 Å². The highest BCUT2D eigenvalue weighted by molar-refractivity contribution is 7.95. The number of benzene rings is 6. The lowest BCUT2D eigenvalue weighted by Gasteiger charge is -2.27. The summed E-state index contributed by atoms with van der Waals surface area (Å²) in [6.07, 6.45) is 0.795. The summed E-state index contributed by atoms with van der Waals surface area (Å²) in [5.74, 6) is -0.967. The summed E-state index contributed by atoms with van der Waals surface area (Å²) in [5.41, 5.74) is 3.31. The largest absolute Gasteiger partial charge is 0.480 e. The monoisotopic (exact) mass is 680 g/mol. The van der Waals surface area contributed by atoms with Crippen molar-refractivity contribution in [1.82, 2.24) is 10.3 Å². The molecule has 1 amide bonds. The van der Waals surface area contributed by atoms with Crippen LogP contribution < -0.4 is 26.1 Å². The Bertz CT molecular complexity index is 2160. The first-order chi connectivity index (χ1) is 23.9. The van der Waals surface area contributed by atoms with Crippen LogP contribution in [-0.2, 0) is 4.79 Å². The number of amides is 1.